The van der Waals surface area contributed by atoms with Gasteiger partial charge in [0, 0.05) is 23.4 Å². The van der Waals surface area contributed by atoms with Crippen molar-refractivity contribution >= 4 is 34.7 Å². The summed E-state index contributed by atoms with van der Waals surface area (Å²) < 4.78 is 5.69. The number of phenolic OH excluding ortho intramolecular Hbond substituents is 1. The molecule has 4 aromatic rings. The molecule has 226 valence electrons. The molecule has 1 fully saturated rings. The number of likely N-dealkylation sites (tertiary alicyclic amines) is 1. The van der Waals surface area contributed by atoms with E-state index in [4.69, 9.17) is 4.74 Å². The normalized spacial score (nSPS) is 15.8. The first-order valence-electron chi connectivity index (χ1n) is 14.2. The van der Waals surface area contributed by atoms with Crippen molar-refractivity contribution in [1.29, 1.82) is 5.26 Å². The maximum absolute atomic E-state index is 13.4. The number of pyridine rings is 1. The fourth-order valence-electron chi connectivity index (χ4n) is 5.09. The Morgan fingerprint density at radius 3 is 2.59 bits per heavy atom. The lowest BCUT2D eigenvalue weighted by Crippen LogP contribution is -2.48. The lowest BCUT2D eigenvalue weighted by Gasteiger charge is -2.33. The van der Waals surface area contributed by atoms with E-state index in [1.807, 2.05) is 20.8 Å². The van der Waals surface area contributed by atoms with Crippen molar-refractivity contribution in [3.05, 3.63) is 82.6 Å². The first-order valence-corrected chi connectivity index (χ1v) is 15.0. The van der Waals surface area contributed by atoms with E-state index in [9.17, 15) is 25.1 Å². The molecule has 2 aromatic heterocycles. The zero-order chi connectivity index (χ0) is 31.4. The van der Waals surface area contributed by atoms with Crippen LogP contribution in [0.3, 0.4) is 0 Å². The number of amides is 2. The van der Waals surface area contributed by atoms with E-state index in [-0.39, 0.29) is 23.0 Å². The number of nitrogens with zero attached hydrogens (tertiary/aromatic N) is 3. The molecule has 0 saturated carbocycles. The largest absolute Gasteiger partial charge is 0.507 e. The molecular weight excluding hydrogens is 578 g/mol. The number of hydrogen-bond donors (Lipinski definition) is 4. The highest BCUT2D eigenvalue weighted by atomic mass is 32.1. The van der Waals surface area contributed by atoms with Gasteiger partial charge in [-0.25, -0.2) is 9.88 Å². The number of anilines is 2. The summed E-state index contributed by atoms with van der Waals surface area (Å²) in [4.78, 5) is 33.0. The van der Waals surface area contributed by atoms with Gasteiger partial charge in [0.2, 0.25) is 12.3 Å². The molecular formula is C33H33N5O5S. The standard InChI is InChI=1S/C33H33N5O5S/c1-33(2,3)43-32(42)38-15-7-12-26(38)30(40)35-21-10-6-9-20(17-21)23-18-25(22-11-4-5-13-27(22)39)36-29(24(23)19-34)37-31(41)28-14-8-16-44-28/h4-6,8-11,13-14,16-18,26,32,39,42H,7,12,15H2,1-3H3,(H,35,40)(H,36,37,41). The Labute approximate surface area is 259 Å². The molecule has 0 aliphatic carbocycles. The number of rotatable bonds is 8. The van der Waals surface area contributed by atoms with Crippen LogP contribution >= 0.6 is 11.3 Å². The first-order chi connectivity index (χ1) is 21.0. The summed E-state index contributed by atoms with van der Waals surface area (Å²) in [5.74, 6) is -0.661. The van der Waals surface area contributed by atoms with Gasteiger partial charge < -0.3 is 25.6 Å². The van der Waals surface area contributed by atoms with Gasteiger partial charge in [0.25, 0.3) is 5.91 Å². The van der Waals surface area contributed by atoms with Gasteiger partial charge in [0.05, 0.1) is 22.2 Å². The van der Waals surface area contributed by atoms with Gasteiger partial charge in [-0.2, -0.15) is 5.26 Å². The molecule has 2 unspecified atom stereocenters. The Morgan fingerprint density at radius 2 is 1.89 bits per heavy atom. The maximum atomic E-state index is 13.4. The highest BCUT2D eigenvalue weighted by molar-refractivity contribution is 7.12. The number of aliphatic hydroxyl groups excluding tert-OH is 1. The first kappa shape index (κ1) is 30.8. The van der Waals surface area contributed by atoms with Gasteiger partial charge in [-0.3, -0.25) is 9.59 Å². The highest BCUT2D eigenvalue weighted by Crippen LogP contribution is 2.36. The number of aliphatic hydroxyl groups is 1. The topological polar surface area (TPSA) is 148 Å². The Balaban J connectivity index is 1.49. The summed E-state index contributed by atoms with van der Waals surface area (Å²) in [6.07, 6.45) is 0.0848. The predicted molar refractivity (Wildman–Crippen MR) is 169 cm³/mol. The molecule has 4 N–H and O–H groups in total. The van der Waals surface area contributed by atoms with Crippen molar-refractivity contribution in [2.45, 2.75) is 51.7 Å². The molecule has 5 rings (SSSR count). The number of phenols is 1. The molecule has 3 heterocycles. The average molecular weight is 612 g/mol. The lowest BCUT2D eigenvalue weighted by atomic mass is 9.97. The fraction of sp³-hybridized carbons (Fsp3) is 0.273. The van der Waals surface area contributed by atoms with E-state index in [1.54, 1.807) is 70.9 Å². The van der Waals surface area contributed by atoms with Crippen LogP contribution < -0.4 is 10.6 Å². The summed E-state index contributed by atoms with van der Waals surface area (Å²) in [5.41, 5.74) is 1.84. The van der Waals surface area contributed by atoms with Crippen molar-refractivity contribution in [2.24, 2.45) is 0 Å². The zero-order valence-corrected chi connectivity index (χ0v) is 25.4. The highest BCUT2D eigenvalue weighted by Gasteiger charge is 2.37. The van der Waals surface area contributed by atoms with Gasteiger partial charge >= 0.3 is 0 Å². The summed E-state index contributed by atoms with van der Waals surface area (Å²) >= 11 is 1.26. The zero-order valence-electron chi connectivity index (χ0n) is 24.6. The number of benzene rings is 2. The predicted octanol–water partition coefficient (Wildman–Crippen LogP) is 5.80. The number of carbonyl (C=O) groups excluding carboxylic acids is 2. The van der Waals surface area contributed by atoms with Crippen LogP contribution in [0.4, 0.5) is 11.5 Å². The number of aromatic hydroxyl groups is 1. The number of nitrogens with one attached hydrogen (secondary N) is 2. The number of carbonyl (C=O) groups is 2. The second kappa shape index (κ2) is 13.0. The van der Waals surface area contributed by atoms with Crippen molar-refractivity contribution in [3.8, 4) is 34.2 Å². The molecule has 11 heteroatoms. The van der Waals surface area contributed by atoms with Gasteiger partial charge in [-0.15, -0.1) is 11.3 Å². The van der Waals surface area contributed by atoms with Crippen LogP contribution in [0.15, 0.2) is 72.1 Å². The summed E-state index contributed by atoms with van der Waals surface area (Å²) in [6.45, 7) is 6.04. The Morgan fingerprint density at radius 1 is 1.09 bits per heavy atom. The van der Waals surface area contributed by atoms with E-state index in [1.165, 1.54) is 17.4 Å². The smallest absolute Gasteiger partial charge is 0.266 e. The fourth-order valence-corrected chi connectivity index (χ4v) is 5.71. The van der Waals surface area contributed by atoms with Crippen LogP contribution in [0, 0.1) is 11.3 Å². The van der Waals surface area contributed by atoms with Crippen LogP contribution in [0.25, 0.3) is 22.4 Å². The molecule has 0 radical (unpaired) electrons. The molecule has 44 heavy (non-hydrogen) atoms. The van der Waals surface area contributed by atoms with Crippen LogP contribution in [0.1, 0.15) is 48.8 Å². The minimum Gasteiger partial charge on any atom is -0.507 e. The average Bonchev–Trinajstić information content (AvgIpc) is 3.70. The SMILES string of the molecule is CC(C)(C)OC(O)N1CCCC1C(=O)Nc1cccc(-c2cc(-c3ccccc3O)nc(NC(=O)c3cccs3)c2C#N)c1. The Kier molecular flexibility index (Phi) is 9.08. The molecule has 2 atom stereocenters. The van der Waals surface area contributed by atoms with E-state index in [0.717, 1.165) is 6.42 Å². The second-order valence-electron chi connectivity index (χ2n) is 11.4. The minimum absolute atomic E-state index is 0.00838. The Bertz CT molecular complexity index is 1710. The van der Waals surface area contributed by atoms with Gasteiger partial charge in [-0.05, 0) is 81.0 Å². The van der Waals surface area contributed by atoms with Crippen molar-refractivity contribution in [2.75, 3.05) is 17.2 Å². The quantitative estimate of drug-likeness (QED) is 0.183. The Hall–Kier alpha value is -4.60. The van der Waals surface area contributed by atoms with Crippen LogP contribution in [-0.2, 0) is 9.53 Å². The van der Waals surface area contributed by atoms with Gasteiger partial charge in [0.1, 0.15) is 17.4 Å². The number of thiophene rings is 1. The third kappa shape index (κ3) is 6.96. The molecule has 1 saturated heterocycles. The van der Waals surface area contributed by atoms with Crippen molar-refractivity contribution in [3.63, 3.8) is 0 Å². The van der Waals surface area contributed by atoms with E-state index >= 15 is 0 Å². The minimum atomic E-state index is -1.22. The molecule has 0 bridgehead atoms. The van der Waals surface area contributed by atoms with Gasteiger partial charge in [0.15, 0.2) is 5.82 Å². The van der Waals surface area contributed by atoms with Crippen LogP contribution in [0.2, 0.25) is 0 Å². The summed E-state index contributed by atoms with van der Waals surface area (Å²) in [7, 11) is 0. The van der Waals surface area contributed by atoms with Crippen molar-refractivity contribution in [1.82, 2.24) is 9.88 Å². The van der Waals surface area contributed by atoms with Crippen LogP contribution in [-0.4, -0.2) is 56.5 Å². The number of nitriles is 1. The van der Waals surface area contributed by atoms with E-state index < -0.39 is 24.0 Å². The number of para-hydroxylation sites is 1. The van der Waals surface area contributed by atoms with Crippen LogP contribution in [0.5, 0.6) is 5.75 Å². The molecule has 2 aromatic carbocycles. The van der Waals surface area contributed by atoms with Crippen molar-refractivity contribution < 1.29 is 24.5 Å². The lowest BCUT2D eigenvalue weighted by molar-refractivity contribution is -0.240. The maximum Gasteiger partial charge on any atom is 0.266 e. The molecule has 1 aliphatic rings. The molecule has 10 nitrogen and oxygen atoms in total. The van der Waals surface area contributed by atoms with E-state index in [0.29, 0.717) is 45.9 Å². The monoisotopic (exact) mass is 611 g/mol. The number of hydrogen-bond acceptors (Lipinski definition) is 9. The summed E-state index contributed by atoms with van der Waals surface area (Å²) in [5, 5.41) is 39.0. The second-order valence-corrected chi connectivity index (χ2v) is 12.3. The third-order valence-electron chi connectivity index (χ3n) is 7.07. The number of ether oxygens (including phenoxy) is 1. The molecule has 1 aliphatic heterocycles. The summed E-state index contributed by atoms with van der Waals surface area (Å²) in [6, 6.07) is 20.4. The third-order valence-corrected chi connectivity index (χ3v) is 7.94. The molecule has 0 spiro atoms. The number of aromatic nitrogens is 1. The van der Waals surface area contributed by atoms with Gasteiger partial charge in [-0.1, -0.05) is 30.3 Å². The van der Waals surface area contributed by atoms with E-state index in [2.05, 4.69) is 21.7 Å². The molecule has 2 amide bonds.